The predicted octanol–water partition coefficient (Wildman–Crippen LogP) is 2.46. The first-order valence-electron chi connectivity index (χ1n) is 12.6. The maximum Gasteiger partial charge on any atom is 0.240 e. The number of primary amides is 1. The van der Waals surface area contributed by atoms with E-state index in [4.69, 9.17) is 15.8 Å². The molecule has 2 aliphatic rings. The van der Waals surface area contributed by atoms with E-state index in [-0.39, 0.29) is 18.6 Å². The standard InChI is InChI=1S/C27H33N7O2/c28-26(36)25-2-1-13-34(25)23-7-3-20(4-8-23)24-11-12-29-27(31-24)30-21-5-9-22(10-6-21)33-16-14-32(15-17-33)18-19-35/h3-12,25,35H,1-2,13-19H2,(H2,28,36)(H,29,30,31)/t25-/m1/s1. The van der Waals surface area contributed by atoms with Crippen LogP contribution in [-0.4, -0.2) is 77.8 Å². The molecule has 0 saturated carbocycles. The predicted molar refractivity (Wildman–Crippen MR) is 142 cm³/mol. The van der Waals surface area contributed by atoms with Crippen molar-refractivity contribution in [3.05, 3.63) is 60.8 Å². The van der Waals surface area contributed by atoms with E-state index < -0.39 is 0 Å². The van der Waals surface area contributed by atoms with Crippen LogP contribution in [0.3, 0.4) is 0 Å². The van der Waals surface area contributed by atoms with Gasteiger partial charge in [0.05, 0.1) is 12.3 Å². The van der Waals surface area contributed by atoms with Crippen molar-refractivity contribution in [3.8, 4) is 11.3 Å². The van der Waals surface area contributed by atoms with Crippen LogP contribution >= 0.6 is 0 Å². The first kappa shape index (κ1) is 24.0. The summed E-state index contributed by atoms with van der Waals surface area (Å²) >= 11 is 0. The molecular weight excluding hydrogens is 454 g/mol. The van der Waals surface area contributed by atoms with E-state index in [0.29, 0.717) is 5.95 Å². The number of carbonyl (C=O) groups is 1. The quantitative estimate of drug-likeness (QED) is 0.444. The number of amides is 1. The fourth-order valence-corrected chi connectivity index (χ4v) is 5.03. The molecule has 9 nitrogen and oxygen atoms in total. The Morgan fingerprint density at radius 3 is 2.39 bits per heavy atom. The van der Waals surface area contributed by atoms with Crippen molar-refractivity contribution in [2.45, 2.75) is 18.9 Å². The number of aromatic nitrogens is 2. The minimum atomic E-state index is -0.267. The second-order valence-electron chi connectivity index (χ2n) is 9.29. The number of β-amino-alcohol motifs (C(OH)–C–C–N with tert-alkyl or cyclic N) is 1. The Bertz CT molecular complexity index is 1160. The van der Waals surface area contributed by atoms with Crippen molar-refractivity contribution in [2.24, 2.45) is 5.73 Å². The molecule has 5 rings (SSSR count). The Hall–Kier alpha value is -3.69. The van der Waals surface area contributed by atoms with Crippen molar-refractivity contribution in [1.82, 2.24) is 14.9 Å². The highest BCUT2D eigenvalue weighted by Crippen LogP contribution is 2.28. The van der Waals surface area contributed by atoms with Gasteiger partial charge < -0.3 is 26.0 Å². The Morgan fingerprint density at radius 2 is 1.69 bits per heavy atom. The second kappa shape index (κ2) is 10.9. The molecule has 0 unspecified atom stereocenters. The van der Waals surface area contributed by atoms with Gasteiger partial charge in [-0.1, -0.05) is 12.1 Å². The number of nitrogens with one attached hydrogen (secondary N) is 1. The molecule has 1 aromatic heterocycles. The first-order valence-corrected chi connectivity index (χ1v) is 12.6. The zero-order valence-corrected chi connectivity index (χ0v) is 20.4. The molecule has 9 heteroatoms. The van der Waals surface area contributed by atoms with Gasteiger partial charge in [-0.05, 0) is 55.3 Å². The van der Waals surface area contributed by atoms with Crippen LogP contribution in [0, 0.1) is 0 Å². The summed E-state index contributed by atoms with van der Waals surface area (Å²) in [7, 11) is 0. The number of piperazine rings is 1. The average Bonchev–Trinajstić information content (AvgIpc) is 3.41. The Morgan fingerprint density at radius 1 is 0.972 bits per heavy atom. The molecule has 0 radical (unpaired) electrons. The summed E-state index contributed by atoms with van der Waals surface area (Å²) in [6.07, 6.45) is 3.53. The lowest BCUT2D eigenvalue weighted by Gasteiger charge is -2.35. The van der Waals surface area contributed by atoms with E-state index in [1.165, 1.54) is 5.69 Å². The zero-order valence-electron chi connectivity index (χ0n) is 20.4. The number of benzene rings is 2. The molecule has 4 N–H and O–H groups in total. The summed E-state index contributed by atoms with van der Waals surface area (Å²) in [6.45, 7) is 5.64. The van der Waals surface area contributed by atoms with E-state index in [2.05, 4.69) is 37.1 Å². The van der Waals surface area contributed by atoms with E-state index in [1.807, 2.05) is 42.5 Å². The lowest BCUT2D eigenvalue weighted by atomic mass is 10.1. The van der Waals surface area contributed by atoms with Crippen LogP contribution in [0.4, 0.5) is 23.0 Å². The summed E-state index contributed by atoms with van der Waals surface area (Å²) in [6, 6.07) is 18.1. The van der Waals surface area contributed by atoms with Crippen LogP contribution in [0.2, 0.25) is 0 Å². The number of nitrogens with two attached hydrogens (primary N) is 1. The Labute approximate surface area is 211 Å². The van der Waals surface area contributed by atoms with Gasteiger partial charge in [-0.15, -0.1) is 0 Å². The molecule has 3 heterocycles. The van der Waals surface area contributed by atoms with Crippen LogP contribution in [0.1, 0.15) is 12.8 Å². The summed E-state index contributed by atoms with van der Waals surface area (Å²) in [4.78, 5) is 27.6. The summed E-state index contributed by atoms with van der Waals surface area (Å²) in [5.41, 5.74) is 10.5. The third-order valence-corrected chi connectivity index (χ3v) is 7.01. The van der Waals surface area contributed by atoms with Gasteiger partial charge in [0.25, 0.3) is 0 Å². The molecule has 1 atom stereocenters. The fraction of sp³-hybridized carbons (Fsp3) is 0.370. The minimum Gasteiger partial charge on any atom is -0.395 e. The van der Waals surface area contributed by atoms with Gasteiger partial charge in [-0.25, -0.2) is 9.97 Å². The van der Waals surface area contributed by atoms with Crippen LogP contribution < -0.4 is 20.9 Å². The molecular formula is C27H33N7O2. The third-order valence-electron chi connectivity index (χ3n) is 7.01. The number of aliphatic hydroxyl groups excluding tert-OH is 1. The maximum atomic E-state index is 11.7. The van der Waals surface area contributed by atoms with Crippen LogP contribution in [0.25, 0.3) is 11.3 Å². The number of rotatable bonds is 8. The summed E-state index contributed by atoms with van der Waals surface area (Å²) < 4.78 is 0. The molecule has 3 aromatic rings. The van der Waals surface area contributed by atoms with Gasteiger partial charge >= 0.3 is 0 Å². The monoisotopic (exact) mass is 487 g/mol. The zero-order chi connectivity index (χ0) is 24.9. The number of hydrogen-bond acceptors (Lipinski definition) is 8. The molecule has 0 bridgehead atoms. The van der Waals surface area contributed by atoms with E-state index in [1.54, 1.807) is 6.20 Å². The number of nitrogens with zero attached hydrogens (tertiary/aromatic N) is 5. The van der Waals surface area contributed by atoms with E-state index >= 15 is 0 Å². The topological polar surface area (TPSA) is 111 Å². The normalized spacial score (nSPS) is 18.4. The molecule has 1 amide bonds. The maximum absolute atomic E-state index is 11.7. The highest BCUT2D eigenvalue weighted by molar-refractivity contribution is 5.84. The van der Waals surface area contributed by atoms with Crippen molar-refractivity contribution in [3.63, 3.8) is 0 Å². The fourth-order valence-electron chi connectivity index (χ4n) is 5.03. The van der Waals surface area contributed by atoms with Crippen molar-refractivity contribution in [1.29, 1.82) is 0 Å². The lowest BCUT2D eigenvalue weighted by molar-refractivity contribution is -0.119. The van der Waals surface area contributed by atoms with Gasteiger partial charge in [-0.2, -0.15) is 0 Å². The number of hydrogen-bond donors (Lipinski definition) is 3. The van der Waals surface area contributed by atoms with Gasteiger partial charge in [0.1, 0.15) is 6.04 Å². The van der Waals surface area contributed by atoms with Crippen LogP contribution in [0.5, 0.6) is 0 Å². The van der Waals surface area contributed by atoms with Gasteiger partial charge in [0.2, 0.25) is 11.9 Å². The first-order chi connectivity index (χ1) is 17.6. The van der Waals surface area contributed by atoms with Crippen molar-refractivity contribution in [2.75, 3.05) is 61.0 Å². The summed E-state index contributed by atoms with van der Waals surface area (Å²) in [5.74, 6) is 0.270. The molecule has 36 heavy (non-hydrogen) atoms. The van der Waals surface area contributed by atoms with Gasteiger partial charge in [0.15, 0.2) is 0 Å². The highest BCUT2D eigenvalue weighted by Gasteiger charge is 2.29. The van der Waals surface area contributed by atoms with Gasteiger partial charge in [0, 0.05) is 68.1 Å². The molecule has 2 saturated heterocycles. The smallest absolute Gasteiger partial charge is 0.240 e. The lowest BCUT2D eigenvalue weighted by Crippen LogP contribution is -2.47. The highest BCUT2D eigenvalue weighted by atomic mass is 16.3. The van der Waals surface area contributed by atoms with Crippen LogP contribution in [0.15, 0.2) is 60.8 Å². The van der Waals surface area contributed by atoms with Crippen molar-refractivity contribution < 1.29 is 9.90 Å². The largest absolute Gasteiger partial charge is 0.395 e. The molecule has 0 aliphatic carbocycles. The van der Waals surface area contributed by atoms with Crippen LogP contribution in [-0.2, 0) is 4.79 Å². The Kier molecular flexibility index (Phi) is 7.29. The molecule has 2 aliphatic heterocycles. The van der Waals surface area contributed by atoms with E-state index in [0.717, 1.165) is 74.7 Å². The molecule has 188 valence electrons. The summed E-state index contributed by atoms with van der Waals surface area (Å²) in [5, 5.41) is 12.4. The molecule has 0 spiro atoms. The number of anilines is 4. The number of carbonyl (C=O) groups excluding carboxylic acids is 1. The van der Waals surface area contributed by atoms with Crippen molar-refractivity contribution >= 4 is 28.9 Å². The average molecular weight is 488 g/mol. The Balaban J connectivity index is 1.22. The molecule has 2 fully saturated rings. The van der Waals surface area contributed by atoms with E-state index in [9.17, 15) is 4.79 Å². The SMILES string of the molecule is NC(=O)[C@H]1CCCN1c1ccc(-c2ccnc(Nc3ccc(N4CCN(CCO)CC4)cc3)n2)cc1. The minimum absolute atomic E-state index is 0.213. The van der Waals surface area contributed by atoms with Gasteiger partial charge in [-0.3, -0.25) is 9.69 Å². The molecule has 2 aromatic carbocycles. The number of aliphatic hydroxyl groups is 1. The third kappa shape index (κ3) is 5.42. The second-order valence-corrected chi connectivity index (χ2v) is 9.29.